The van der Waals surface area contributed by atoms with Gasteiger partial charge in [-0.05, 0) is 24.6 Å². The molecule has 0 bridgehead atoms. The van der Waals surface area contributed by atoms with Crippen molar-refractivity contribution in [2.45, 2.75) is 12.5 Å². The van der Waals surface area contributed by atoms with Crippen LogP contribution in [0, 0.1) is 5.82 Å². The van der Waals surface area contributed by atoms with Crippen LogP contribution in [0.25, 0.3) is 0 Å². The van der Waals surface area contributed by atoms with Gasteiger partial charge in [-0.2, -0.15) is 0 Å². The summed E-state index contributed by atoms with van der Waals surface area (Å²) in [6.07, 6.45) is 1.75. The molecule has 5 N–H and O–H groups in total. The van der Waals surface area contributed by atoms with Crippen LogP contribution in [0.5, 0.6) is 0 Å². The summed E-state index contributed by atoms with van der Waals surface area (Å²) < 4.78 is 13.4. The van der Waals surface area contributed by atoms with Gasteiger partial charge < -0.3 is 16.8 Å². The second kappa shape index (κ2) is 5.92. The molecular formula is C12H14FN3O2. The Bertz CT molecular complexity index is 488. The molecule has 1 atom stereocenters. The van der Waals surface area contributed by atoms with Gasteiger partial charge in [-0.25, -0.2) is 4.39 Å². The normalized spacial score (nSPS) is 11.7. The number of hydrogen-bond acceptors (Lipinski definition) is 3. The average Bonchev–Trinajstić information content (AvgIpc) is 2.31. The Hall–Kier alpha value is -2.21. The van der Waals surface area contributed by atoms with Crippen molar-refractivity contribution in [3.05, 3.63) is 42.2 Å². The van der Waals surface area contributed by atoms with Gasteiger partial charge in [0, 0.05) is 5.56 Å². The predicted octanol–water partition coefficient (Wildman–Crippen LogP) is 0.766. The van der Waals surface area contributed by atoms with Crippen molar-refractivity contribution in [2.75, 3.05) is 5.32 Å². The van der Waals surface area contributed by atoms with Crippen molar-refractivity contribution >= 4 is 17.5 Å². The van der Waals surface area contributed by atoms with Gasteiger partial charge in [0.05, 0.1) is 11.7 Å². The molecule has 1 aromatic rings. The van der Waals surface area contributed by atoms with E-state index in [-0.39, 0.29) is 17.7 Å². The zero-order valence-electron chi connectivity index (χ0n) is 9.65. The van der Waals surface area contributed by atoms with Gasteiger partial charge in [-0.3, -0.25) is 9.59 Å². The number of nitrogens with two attached hydrogens (primary N) is 2. The first-order valence-electron chi connectivity index (χ1n) is 5.22. The van der Waals surface area contributed by atoms with E-state index >= 15 is 0 Å². The molecule has 0 fully saturated rings. The number of nitrogens with one attached hydrogen (secondary N) is 1. The number of benzene rings is 1. The third-order valence-electron chi connectivity index (χ3n) is 2.27. The third-order valence-corrected chi connectivity index (χ3v) is 2.27. The smallest absolute Gasteiger partial charge is 0.248 e. The molecule has 1 unspecified atom stereocenters. The number of hydrogen-bond donors (Lipinski definition) is 3. The van der Waals surface area contributed by atoms with E-state index in [1.54, 1.807) is 0 Å². The first-order valence-corrected chi connectivity index (χ1v) is 5.22. The van der Waals surface area contributed by atoms with E-state index in [1.165, 1.54) is 12.1 Å². The van der Waals surface area contributed by atoms with E-state index in [4.69, 9.17) is 11.5 Å². The first-order chi connectivity index (χ1) is 8.45. The lowest BCUT2D eigenvalue weighted by molar-refractivity contribution is -0.117. The lowest BCUT2D eigenvalue weighted by Crippen LogP contribution is -2.35. The van der Waals surface area contributed by atoms with Crippen molar-refractivity contribution in [3.8, 4) is 0 Å². The average molecular weight is 251 g/mol. The molecular weight excluding hydrogens is 237 g/mol. The molecule has 2 amide bonds. The van der Waals surface area contributed by atoms with Crippen LogP contribution < -0.4 is 16.8 Å². The van der Waals surface area contributed by atoms with Crippen molar-refractivity contribution in [2.24, 2.45) is 11.5 Å². The summed E-state index contributed by atoms with van der Waals surface area (Å²) in [6.45, 7) is 3.45. The minimum absolute atomic E-state index is 0.101. The molecule has 6 heteroatoms. The lowest BCUT2D eigenvalue weighted by Gasteiger charge is -2.11. The second-order valence-electron chi connectivity index (χ2n) is 3.68. The molecule has 0 aliphatic heterocycles. The molecule has 1 rings (SSSR count). The van der Waals surface area contributed by atoms with Crippen LogP contribution in [0.15, 0.2) is 30.9 Å². The minimum Gasteiger partial charge on any atom is -0.366 e. The van der Waals surface area contributed by atoms with Crippen molar-refractivity contribution < 1.29 is 14.0 Å². The quantitative estimate of drug-likeness (QED) is 0.674. The van der Waals surface area contributed by atoms with Gasteiger partial charge in [-0.1, -0.05) is 6.08 Å². The number of carbonyl (C=O) groups excluding carboxylic acids is 2. The Labute approximate surface area is 104 Å². The van der Waals surface area contributed by atoms with E-state index in [9.17, 15) is 14.0 Å². The largest absolute Gasteiger partial charge is 0.366 e. The molecule has 0 saturated carbocycles. The first kappa shape index (κ1) is 13.9. The molecule has 0 spiro atoms. The number of anilines is 1. The van der Waals surface area contributed by atoms with E-state index < -0.39 is 23.7 Å². The van der Waals surface area contributed by atoms with Gasteiger partial charge >= 0.3 is 0 Å². The van der Waals surface area contributed by atoms with Crippen LogP contribution >= 0.6 is 0 Å². The zero-order valence-corrected chi connectivity index (χ0v) is 9.65. The highest BCUT2D eigenvalue weighted by Gasteiger charge is 2.15. The van der Waals surface area contributed by atoms with Gasteiger partial charge in [0.15, 0.2) is 0 Å². The Morgan fingerprint density at radius 3 is 2.72 bits per heavy atom. The summed E-state index contributed by atoms with van der Waals surface area (Å²) >= 11 is 0. The zero-order chi connectivity index (χ0) is 13.7. The highest BCUT2D eigenvalue weighted by molar-refractivity contribution is 5.98. The van der Waals surface area contributed by atoms with E-state index in [2.05, 4.69) is 11.9 Å². The lowest BCUT2D eigenvalue weighted by atomic mass is 10.1. The molecule has 1 aromatic carbocycles. The Morgan fingerprint density at radius 1 is 1.50 bits per heavy atom. The fourth-order valence-electron chi connectivity index (χ4n) is 1.29. The highest BCUT2D eigenvalue weighted by atomic mass is 19.1. The van der Waals surface area contributed by atoms with Crippen molar-refractivity contribution in [1.82, 2.24) is 0 Å². The SMILES string of the molecule is C=CCC(N)C(=O)Nc1cc(C(N)=O)ccc1F. The minimum atomic E-state index is -0.820. The second-order valence-corrected chi connectivity index (χ2v) is 3.68. The molecule has 0 heterocycles. The number of amides is 2. The Kier molecular flexibility index (Phi) is 4.56. The number of halogens is 1. The maximum absolute atomic E-state index is 13.4. The fourth-order valence-corrected chi connectivity index (χ4v) is 1.29. The molecule has 18 heavy (non-hydrogen) atoms. The summed E-state index contributed by atoms with van der Waals surface area (Å²) in [5.74, 6) is -1.93. The van der Waals surface area contributed by atoms with Crippen LogP contribution in [0.2, 0.25) is 0 Å². The molecule has 0 aliphatic carbocycles. The van der Waals surface area contributed by atoms with E-state index in [0.29, 0.717) is 0 Å². The van der Waals surface area contributed by atoms with E-state index in [0.717, 1.165) is 12.1 Å². The van der Waals surface area contributed by atoms with Crippen molar-refractivity contribution in [1.29, 1.82) is 0 Å². The highest BCUT2D eigenvalue weighted by Crippen LogP contribution is 2.16. The van der Waals surface area contributed by atoms with Crippen LogP contribution in [0.4, 0.5) is 10.1 Å². The molecule has 0 aliphatic rings. The fraction of sp³-hybridized carbons (Fsp3) is 0.167. The van der Waals surface area contributed by atoms with Crippen LogP contribution in [-0.4, -0.2) is 17.9 Å². The summed E-state index contributed by atoms with van der Waals surface area (Å²) in [5, 5.41) is 2.30. The molecule has 0 saturated heterocycles. The predicted molar refractivity (Wildman–Crippen MR) is 66.3 cm³/mol. The number of rotatable bonds is 5. The van der Waals surface area contributed by atoms with E-state index in [1.807, 2.05) is 0 Å². The standard InChI is InChI=1S/C12H14FN3O2/c1-2-3-9(14)12(18)16-10-6-7(11(15)17)4-5-8(10)13/h2,4-6,9H,1,3,14H2,(H2,15,17)(H,16,18). The maximum Gasteiger partial charge on any atom is 0.248 e. The summed E-state index contributed by atoms with van der Waals surface area (Å²) in [5.41, 5.74) is 10.6. The van der Waals surface area contributed by atoms with Gasteiger partial charge in [-0.15, -0.1) is 6.58 Å². The summed E-state index contributed by atoms with van der Waals surface area (Å²) in [6, 6.07) is 2.63. The molecule has 0 radical (unpaired) electrons. The van der Waals surface area contributed by atoms with Gasteiger partial charge in [0.1, 0.15) is 5.82 Å². The topological polar surface area (TPSA) is 98.2 Å². The van der Waals surface area contributed by atoms with Crippen LogP contribution in [0.3, 0.4) is 0 Å². The Balaban J connectivity index is 2.89. The number of primary amides is 1. The van der Waals surface area contributed by atoms with Crippen LogP contribution in [0.1, 0.15) is 16.8 Å². The molecule has 96 valence electrons. The van der Waals surface area contributed by atoms with Crippen LogP contribution in [-0.2, 0) is 4.79 Å². The third kappa shape index (κ3) is 3.39. The summed E-state index contributed by atoms with van der Waals surface area (Å²) in [4.78, 5) is 22.5. The molecule has 5 nitrogen and oxygen atoms in total. The van der Waals surface area contributed by atoms with Gasteiger partial charge in [0.25, 0.3) is 0 Å². The van der Waals surface area contributed by atoms with Gasteiger partial charge in [0.2, 0.25) is 11.8 Å². The monoisotopic (exact) mass is 251 g/mol. The molecule has 0 aromatic heterocycles. The number of carbonyl (C=O) groups is 2. The Morgan fingerprint density at radius 2 is 2.17 bits per heavy atom. The summed E-state index contributed by atoms with van der Waals surface area (Å²) in [7, 11) is 0. The maximum atomic E-state index is 13.4. The van der Waals surface area contributed by atoms with Crippen molar-refractivity contribution in [3.63, 3.8) is 0 Å².